The molecule has 2 atom stereocenters. The zero-order chi connectivity index (χ0) is 12.8. The first kappa shape index (κ1) is 14.5. The van der Waals surface area contributed by atoms with Gasteiger partial charge in [0.1, 0.15) is 0 Å². The van der Waals surface area contributed by atoms with E-state index in [1.165, 1.54) is 6.42 Å². The Morgan fingerprint density at radius 3 is 2.65 bits per heavy atom. The lowest BCUT2D eigenvalue weighted by Gasteiger charge is -2.28. The average Bonchev–Trinajstić information content (AvgIpc) is 2.29. The number of likely N-dealkylation sites (N-methyl/N-ethyl adjacent to an activating group) is 1. The van der Waals surface area contributed by atoms with E-state index < -0.39 is 0 Å². The SMILES string of the molecule is CC(C)N(C)CCNC(=O)C1CCCCC1N. The molecule has 0 aromatic heterocycles. The Morgan fingerprint density at radius 1 is 1.41 bits per heavy atom. The predicted molar refractivity (Wildman–Crippen MR) is 70.7 cm³/mol. The van der Waals surface area contributed by atoms with Crippen LogP contribution < -0.4 is 11.1 Å². The van der Waals surface area contributed by atoms with Crippen molar-refractivity contribution in [1.29, 1.82) is 0 Å². The molecule has 1 rings (SSSR count). The number of carbonyl (C=O) groups is 1. The molecule has 1 fully saturated rings. The minimum atomic E-state index is 0.0353. The lowest BCUT2D eigenvalue weighted by atomic mass is 9.84. The Bertz CT molecular complexity index is 243. The number of nitrogens with one attached hydrogen (secondary N) is 1. The van der Waals surface area contributed by atoms with Crippen molar-refractivity contribution < 1.29 is 4.79 Å². The Kier molecular flexibility index (Phi) is 5.92. The highest BCUT2D eigenvalue weighted by atomic mass is 16.1. The van der Waals surface area contributed by atoms with Crippen LogP contribution in [0.5, 0.6) is 0 Å². The monoisotopic (exact) mass is 241 g/mol. The van der Waals surface area contributed by atoms with Gasteiger partial charge in [-0.25, -0.2) is 0 Å². The summed E-state index contributed by atoms with van der Waals surface area (Å²) in [5.41, 5.74) is 5.99. The van der Waals surface area contributed by atoms with Gasteiger partial charge in [-0.3, -0.25) is 4.79 Å². The lowest BCUT2D eigenvalue weighted by molar-refractivity contribution is -0.126. The molecule has 17 heavy (non-hydrogen) atoms. The third-order valence-corrected chi connectivity index (χ3v) is 3.80. The summed E-state index contributed by atoms with van der Waals surface area (Å²) in [6, 6.07) is 0.579. The molecular formula is C13H27N3O. The van der Waals surface area contributed by atoms with Gasteiger partial charge >= 0.3 is 0 Å². The quantitative estimate of drug-likeness (QED) is 0.754. The first-order valence-corrected chi connectivity index (χ1v) is 6.76. The highest BCUT2D eigenvalue weighted by Gasteiger charge is 2.27. The van der Waals surface area contributed by atoms with Gasteiger partial charge in [-0.2, -0.15) is 0 Å². The van der Waals surface area contributed by atoms with E-state index in [0.29, 0.717) is 6.04 Å². The fourth-order valence-electron chi connectivity index (χ4n) is 2.23. The van der Waals surface area contributed by atoms with Gasteiger partial charge in [0.25, 0.3) is 0 Å². The van der Waals surface area contributed by atoms with Crippen LogP contribution in [-0.4, -0.2) is 43.0 Å². The van der Waals surface area contributed by atoms with Crippen molar-refractivity contribution in [3.05, 3.63) is 0 Å². The lowest BCUT2D eigenvalue weighted by Crippen LogP contribution is -2.45. The summed E-state index contributed by atoms with van der Waals surface area (Å²) in [4.78, 5) is 14.2. The summed E-state index contributed by atoms with van der Waals surface area (Å²) in [7, 11) is 2.07. The van der Waals surface area contributed by atoms with Gasteiger partial charge in [-0.1, -0.05) is 12.8 Å². The molecule has 1 aliphatic rings. The van der Waals surface area contributed by atoms with Gasteiger partial charge in [0.15, 0.2) is 0 Å². The van der Waals surface area contributed by atoms with Crippen molar-refractivity contribution in [3.63, 3.8) is 0 Å². The summed E-state index contributed by atoms with van der Waals surface area (Å²) in [6.07, 6.45) is 4.25. The largest absolute Gasteiger partial charge is 0.355 e. The second-order valence-corrected chi connectivity index (χ2v) is 5.42. The Balaban J connectivity index is 2.24. The van der Waals surface area contributed by atoms with Crippen LogP contribution in [0.4, 0.5) is 0 Å². The molecule has 4 heteroatoms. The number of rotatable bonds is 5. The van der Waals surface area contributed by atoms with E-state index in [9.17, 15) is 4.79 Å². The first-order valence-electron chi connectivity index (χ1n) is 6.76. The smallest absolute Gasteiger partial charge is 0.224 e. The van der Waals surface area contributed by atoms with Gasteiger partial charge in [-0.05, 0) is 33.7 Å². The minimum Gasteiger partial charge on any atom is -0.355 e. The number of hydrogen-bond donors (Lipinski definition) is 2. The first-order chi connectivity index (χ1) is 8.02. The highest BCUT2D eigenvalue weighted by Crippen LogP contribution is 2.22. The van der Waals surface area contributed by atoms with E-state index in [0.717, 1.165) is 32.4 Å². The van der Waals surface area contributed by atoms with E-state index >= 15 is 0 Å². The molecule has 100 valence electrons. The van der Waals surface area contributed by atoms with E-state index in [-0.39, 0.29) is 17.9 Å². The van der Waals surface area contributed by atoms with Crippen LogP contribution in [0.15, 0.2) is 0 Å². The molecule has 3 N–H and O–H groups in total. The standard InChI is InChI=1S/C13H27N3O/c1-10(2)16(3)9-8-15-13(17)11-6-4-5-7-12(11)14/h10-12H,4-9,14H2,1-3H3,(H,15,17). The Hall–Kier alpha value is -0.610. The fraction of sp³-hybridized carbons (Fsp3) is 0.923. The zero-order valence-electron chi connectivity index (χ0n) is 11.4. The summed E-state index contributed by atoms with van der Waals surface area (Å²) < 4.78 is 0. The minimum absolute atomic E-state index is 0.0353. The van der Waals surface area contributed by atoms with E-state index in [1.54, 1.807) is 0 Å². The highest BCUT2D eigenvalue weighted by molar-refractivity contribution is 5.79. The van der Waals surface area contributed by atoms with Crippen LogP contribution in [0.25, 0.3) is 0 Å². The van der Waals surface area contributed by atoms with Crippen molar-refractivity contribution in [2.75, 3.05) is 20.1 Å². The maximum absolute atomic E-state index is 12.0. The third kappa shape index (κ3) is 4.64. The molecular weight excluding hydrogens is 214 g/mol. The van der Waals surface area contributed by atoms with Crippen molar-refractivity contribution in [3.8, 4) is 0 Å². The van der Waals surface area contributed by atoms with E-state index in [4.69, 9.17) is 5.73 Å². The predicted octanol–water partition coefficient (Wildman–Crippen LogP) is 0.960. The molecule has 0 heterocycles. The van der Waals surface area contributed by atoms with Gasteiger partial charge < -0.3 is 16.0 Å². The van der Waals surface area contributed by atoms with Crippen LogP contribution >= 0.6 is 0 Å². The third-order valence-electron chi connectivity index (χ3n) is 3.80. The molecule has 0 spiro atoms. The molecule has 1 aliphatic carbocycles. The van der Waals surface area contributed by atoms with Crippen molar-refractivity contribution in [2.45, 2.75) is 51.6 Å². The van der Waals surface area contributed by atoms with Gasteiger partial charge in [-0.15, -0.1) is 0 Å². The van der Waals surface area contributed by atoms with Gasteiger partial charge in [0.2, 0.25) is 5.91 Å². The maximum atomic E-state index is 12.0. The molecule has 0 aliphatic heterocycles. The second kappa shape index (κ2) is 6.97. The van der Waals surface area contributed by atoms with Crippen LogP contribution in [0.1, 0.15) is 39.5 Å². The summed E-state index contributed by atoms with van der Waals surface area (Å²) in [5, 5.41) is 3.01. The van der Waals surface area contributed by atoms with Crippen molar-refractivity contribution >= 4 is 5.91 Å². The van der Waals surface area contributed by atoms with Crippen molar-refractivity contribution in [2.24, 2.45) is 11.7 Å². The number of nitrogens with zero attached hydrogens (tertiary/aromatic N) is 1. The normalized spacial score (nSPS) is 25.3. The summed E-state index contributed by atoms with van der Waals surface area (Å²) >= 11 is 0. The zero-order valence-corrected chi connectivity index (χ0v) is 11.4. The number of hydrogen-bond acceptors (Lipinski definition) is 3. The molecule has 2 unspecified atom stereocenters. The fourth-order valence-corrected chi connectivity index (χ4v) is 2.23. The molecule has 0 aromatic carbocycles. The van der Waals surface area contributed by atoms with Crippen LogP contribution in [-0.2, 0) is 4.79 Å². The number of amides is 1. The van der Waals surface area contributed by atoms with Gasteiger partial charge in [0.05, 0.1) is 5.92 Å². The molecule has 1 saturated carbocycles. The van der Waals surface area contributed by atoms with E-state index in [1.807, 2.05) is 0 Å². The molecule has 0 radical (unpaired) electrons. The summed E-state index contributed by atoms with van der Waals surface area (Å²) in [6.45, 7) is 5.92. The Morgan fingerprint density at radius 2 is 2.06 bits per heavy atom. The molecule has 0 bridgehead atoms. The molecule has 4 nitrogen and oxygen atoms in total. The average molecular weight is 241 g/mol. The van der Waals surface area contributed by atoms with Gasteiger partial charge in [0, 0.05) is 25.2 Å². The number of nitrogens with two attached hydrogens (primary N) is 1. The van der Waals surface area contributed by atoms with Crippen LogP contribution in [0, 0.1) is 5.92 Å². The second-order valence-electron chi connectivity index (χ2n) is 5.42. The maximum Gasteiger partial charge on any atom is 0.224 e. The van der Waals surface area contributed by atoms with E-state index in [2.05, 4.69) is 31.1 Å². The van der Waals surface area contributed by atoms with Crippen molar-refractivity contribution in [1.82, 2.24) is 10.2 Å². The van der Waals surface area contributed by atoms with Crippen LogP contribution in [0.3, 0.4) is 0 Å². The van der Waals surface area contributed by atoms with Crippen LogP contribution in [0.2, 0.25) is 0 Å². The topological polar surface area (TPSA) is 58.4 Å². The number of carbonyl (C=O) groups excluding carboxylic acids is 1. The summed E-state index contributed by atoms with van der Waals surface area (Å²) in [5.74, 6) is 0.183. The molecule has 1 amide bonds. The molecule has 0 aromatic rings. The Labute approximate surface area is 105 Å². The molecule has 0 saturated heterocycles.